The van der Waals surface area contributed by atoms with Crippen LogP contribution >= 0.6 is 0 Å². The van der Waals surface area contributed by atoms with Crippen LogP contribution in [0.15, 0.2) is 18.3 Å². The third-order valence-electron chi connectivity index (χ3n) is 1.93. The molecule has 1 aromatic heterocycles. The zero-order valence-corrected chi connectivity index (χ0v) is 9.95. The Morgan fingerprint density at radius 3 is 2.88 bits per heavy atom. The van der Waals surface area contributed by atoms with Crippen LogP contribution in [0.1, 0.15) is 5.56 Å². The van der Waals surface area contributed by atoms with Crippen molar-refractivity contribution in [2.45, 2.75) is 6.54 Å². The number of nitrogens with one attached hydrogen (secondary N) is 2. The number of carbonyl (C=O) groups excluding carboxylic acids is 1. The molecule has 0 aliphatic rings. The molecule has 0 spiro atoms. The number of hydrogen-bond acceptors (Lipinski definition) is 4. The SMILES string of the molecule is CNCC(=O)Nc1cc(CN(C)C)ccn1. The van der Waals surface area contributed by atoms with E-state index < -0.39 is 0 Å². The van der Waals surface area contributed by atoms with Gasteiger partial charge in [0.1, 0.15) is 5.82 Å². The number of rotatable bonds is 5. The zero-order chi connectivity index (χ0) is 12.0. The third kappa shape index (κ3) is 4.37. The maximum absolute atomic E-state index is 11.3. The van der Waals surface area contributed by atoms with Crippen molar-refractivity contribution < 1.29 is 4.79 Å². The summed E-state index contributed by atoms with van der Waals surface area (Å²) >= 11 is 0. The van der Waals surface area contributed by atoms with Gasteiger partial charge in [-0.3, -0.25) is 4.79 Å². The van der Waals surface area contributed by atoms with Crippen LogP contribution < -0.4 is 10.6 Å². The summed E-state index contributed by atoms with van der Waals surface area (Å²) in [6, 6.07) is 3.82. The number of aromatic nitrogens is 1. The van der Waals surface area contributed by atoms with Crippen molar-refractivity contribution in [1.29, 1.82) is 0 Å². The highest BCUT2D eigenvalue weighted by Gasteiger charge is 2.02. The molecule has 88 valence electrons. The number of likely N-dealkylation sites (N-methyl/N-ethyl adjacent to an activating group) is 1. The standard InChI is InChI=1S/C11H18N4O/c1-12-7-11(16)14-10-6-9(4-5-13-10)8-15(2)3/h4-6,12H,7-8H2,1-3H3,(H,13,14,16). The molecule has 0 radical (unpaired) electrons. The molecule has 1 heterocycles. The van der Waals surface area contributed by atoms with Crippen molar-refractivity contribution in [3.63, 3.8) is 0 Å². The topological polar surface area (TPSA) is 57.3 Å². The van der Waals surface area contributed by atoms with Gasteiger partial charge in [-0.25, -0.2) is 4.98 Å². The highest BCUT2D eigenvalue weighted by Crippen LogP contribution is 2.07. The van der Waals surface area contributed by atoms with Crippen LogP contribution in [0.3, 0.4) is 0 Å². The quantitative estimate of drug-likeness (QED) is 0.752. The van der Waals surface area contributed by atoms with Crippen LogP contribution in [0, 0.1) is 0 Å². The van der Waals surface area contributed by atoms with Gasteiger partial charge in [-0.15, -0.1) is 0 Å². The first-order valence-electron chi connectivity index (χ1n) is 5.16. The van der Waals surface area contributed by atoms with Gasteiger partial charge in [-0.2, -0.15) is 0 Å². The summed E-state index contributed by atoms with van der Waals surface area (Å²) in [5, 5.41) is 5.51. The lowest BCUT2D eigenvalue weighted by Gasteiger charge is -2.10. The number of amides is 1. The second-order valence-corrected chi connectivity index (χ2v) is 3.87. The molecule has 0 atom stereocenters. The summed E-state index contributed by atoms with van der Waals surface area (Å²) in [6.07, 6.45) is 1.70. The van der Waals surface area contributed by atoms with Gasteiger partial charge in [0.15, 0.2) is 0 Å². The lowest BCUT2D eigenvalue weighted by molar-refractivity contribution is -0.115. The van der Waals surface area contributed by atoms with Gasteiger partial charge in [0, 0.05) is 12.7 Å². The van der Waals surface area contributed by atoms with Crippen molar-refractivity contribution in [3.8, 4) is 0 Å². The average Bonchev–Trinajstić information content (AvgIpc) is 2.17. The minimum atomic E-state index is -0.0861. The fourth-order valence-electron chi connectivity index (χ4n) is 1.35. The molecule has 0 unspecified atom stereocenters. The monoisotopic (exact) mass is 222 g/mol. The predicted octanol–water partition coefficient (Wildman–Crippen LogP) is 0.301. The van der Waals surface area contributed by atoms with Gasteiger partial charge >= 0.3 is 0 Å². The van der Waals surface area contributed by atoms with Crippen molar-refractivity contribution in [2.75, 3.05) is 33.0 Å². The Morgan fingerprint density at radius 2 is 2.25 bits per heavy atom. The average molecular weight is 222 g/mol. The molecule has 0 aliphatic carbocycles. The molecule has 0 aromatic carbocycles. The van der Waals surface area contributed by atoms with Gasteiger partial charge < -0.3 is 15.5 Å². The van der Waals surface area contributed by atoms with Crippen LogP contribution in [0.2, 0.25) is 0 Å². The van der Waals surface area contributed by atoms with Crippen LogP contribution in [0.25, 0.3) is 0 Å². The minimum absolute atomic E-state index is 0.0861. The van der Waals surface area contributed by atoms with Crippen molar-refractivity contribution >= 4 is 11.7 Å². The first-order chi connectivity index (χ1) is 7.61. The van der Waals surface area contributed by atoms with E-state index in [9.17, 15) is 4.79 Å². The fourth-order valence-corrected chi connectivity index (χ4v) is 1.35. The Labute approximate surface area is 95.9 Å². The van der Waals surface area contributed by atoms with Crippen molar-refractivity contribution in [1.82, 2.24) is 15.2 Å². The molecule has 0 saturated heterocycles. The van der Waals surface area contributed by atoms with Crippen LogP contribution in [-0.2, 0) is 11.3 Å². The smallest absolute Gasteiger partial charge is 0.239 e. The van der Waals surface area contributed by atoms with Crippen LogP contribution in [0.4, 0.5) is 5.82 Å². The van der Waals surface area contributed by atoms with E-state index in [1.54, 1.807) is 13.2 Å². The zero-order valence-electron chi connectivity index (χ0n) is 9.95. The Kier molecular flexibility index (Phi) is 4.88. The van der Waals surface area contributed by atoms with E-state index >= 15 is 0 Å². The van der Waals surface area contributed by atoms with E-state index in [0.29, 0.717) is 12.4 Å². The Balaban J connectivity index is 2.63. The molecule has 5 nitrogen and oxygen atoms in total. The summed E-state index contributed by atoms with van der Waals surface area (Å²) in [5.74, 6) is 0.511. The lowest BCUT2D eigenvalue weighted by Crippen LogP contribution is -2.25. The van der Waals surface area contributed by atoms with Crippen molar-refractivity contribution in [3.05, 3.63) is 23.9 Å². The summed E-state index contributed by atoms with van der Waals surface area (Å²) in [6.45, 7) is 1.12. The first kappa shape index (κ1) is 12.6. The molecule has 1 rings (SSSR count). The second-order valence-electron chi connectivity index (χ2n) is 3.87. The first-order valence-corrected chi connectivity index (χ1v) is 5.16. The molecule has 16 heavy (non-hydrogen) atoms. The Hall–Kier alpha value is -1.46. The predicted molar refractivity (Wildman–Crippen MR) is 64.2 cm³/mol. The third-order valence-corrected chi connectivity index (χ3v) is 1.93. The Bertz CT molecular complexity index is 352. The number of hydrogen-bond donors (Lipinski definition) is 2. The molecule has 0 bridgehead atoms. The normalized spacial score (nSPS) is 10.5. The van der Waals surface area contributed by atoms with E-state index in [2.05, 4.69) is 20.5 Å². The van der Waals surface area contributed by atoms with Gasteiger partial charge in [-0.1, -0.05) is 0 Å². The molecule has 1 aromatic rings. The largest absolute Gasteiger partial charge is 0.311 e. The summed E-state index contributed by atoms with van der Waals surface area (Å²) < 4.78 is 0. The van der Waals surface area contributed by atoms with E-state index in [1.165, 1.54) is 0 Å². The molecule has 2 N–H and O–H groups in total. The van der Waals surface area contributed by atoms with Crippen LogP contribution in [-0.4, -0.2) is 43.5 Å². The molecular weight excluding hydrogens is 204 g/mol. The molecular formula is C11H18N4O. The molecule has 0 fully saturated rings. The van der Waals surface area contributed by atoms with E-state index in [0.717, 1.165) is 12.1 Å². The summed E-state index contributed by atoms with van der Waals surface area (Å²) in [7, 11) is 5.73. The molecule has 0 saturated carbocycles. The van der Waals surface area contributed by atoms with Crippen molar-refractivity contribution in [2.24, 2.45) is 0 Å². The summed E-state index contributed by atoms with van der Waals surface area (Å²) in [4.78, 5) is 17.5. The van der Waals surface area contributed by atoms with Gasteiger partial charge in [-0.05, 0) is 38.8 Å². The minimum Gasteiger partial charge on any atom is -0.311 e. The van der Waals surface area contributed by atoms with E-state index in [4.69, 9.17) is 0 Å². The Morgan fingerprint density at radius 1 is 1.50 bits per heavy atom. The number of nitrogens with zero attached hydrogens (tertiary/aromatic N) is 2. The van der Waals surface area contributed by atoms with E-state index in [-0.39, 0.29) is 5.91 Å². The van der Waals surface area contributed by atoms with Gasteiger partial charge in [0.2, 0.25) is 5.91 Å². The fraction of sp³-hybridized carbons (Fsp3) is 0.455. The number of carbonyl (C=O) groups is 1. The molecule has 1 amide bonds. The van der Waals surface area contributed by atoms with E-state index in [1.807, 2.05) is 26.2 Å². The molecule has 5 heteroatoms. The maximum Gasteiger partial charge on any atom is 0.239 e. The highest BCUT2D eigenvalue weighted by atomic mass is 16.1. The van der Waals surface area contributed by atoms with Crippen LogP contribution in [0.5, 0.6) is 0 Å². The number of pyridine rings is 1. The van der Waals surface area contributed by atoms with Gasteiger partial charge in [0.05, 0.1) is 6.54 Å². The highest BCUT2D eigenvalue weighted by molar-refractivity contribution is 5.91. The lowest BCUT2D eigenvalue weighted by atomic mass is 10.2. The second kappa shape index (κ2) is 6.19. The number of anilines is 1. The molecule has 0 aliphatic heterocycles. The summed E-state index contributed by atoms with van der Waals surface area (Å²) in [5.41, 5.74) is 1.12. The van der Waals surface area contributed by atoms with Gasteiger partial charge in [0.25, 0.3) is 0 Å². The maximum atomic E-state index is 11.3.